The molecule has 0 saturated carbocycles. The Bertz CT molecular complexity index is 1560. The predicted octanol–water partition coefficient (Wildman–Crippen LogP) is 4.97. The summed E-state index contributed by atoms with van der Waals surface area (Å²) in [4.78, 5) is 30.5. The molecule has 0 saturated heterocycles. The zero-order valence-corrected chi connectivity index (χ0v) is 18.7. The third-order valence-electron chi connectivity index (χ3n) is 6.18. The minimum absolute atomic E-state index is 0.131. The van der Waals surface area contributed by atoms with Crippen molar-refractivity contribution < 1.29 is 4.79 Å². The number of fused-ring (bicyclic) bond motifs is 3. The number of aromatic amines is 1. The van der Waals surface area contributed by atoms with E-state index in [1.807, 2.05) is 75.4 Å². The van der Waals surface area contributed by atoms with Crippen LogP contribution in [0.25, 0.3) is 27.5 Å². The van der Waals surface area contributed by atoms with Crippen molar-refractivity contribution >= 4 is 27.7 Å². The number of benzene rings is 3. The number of rotatable bonds is 4. The van der Waals surface area contributed by atoms with Gasteiger partial charge in [-0.2, -0.15) is 0 Å². The number of pyridine rings is 1. The number of hydrogen-bond acceptors (Lipinski definition) is 3. The van der Waals surface area contributed by atoms with Gasteiger partial charge in [0.15, 0.2) is 0 Å². The van der Waals surface area contributed by atoms with E-state index in [9.17, 15) is 9.59 Å². The van der Waals surface area contributed by atoms with E-state index in [0.29, 0.717) is 22.0 Å². The monoisotopic (exact) mass is 436 g/mol. The van der Waals surface area contributed by atoms with Crippen molar-refractivity contribution in [3.05, 3.63) is 106 Å². The maximum absolute atomic E-state index is 13.1. The molecule has 5 aromatic rings. The van der Waals surface area contributed by atoms with E-state index < -0.39 is 0 Å². The average Bonchev–Trinajstić information content (AvgIpc) is 3.18. The average molecular weight is 437 g/mol. The first-order chi connectivity index (χ1) is 15.9. The number of H-pyrrole nitrogens is 1. The number of carbonyl (C=O) groups is 1. The summed E-state index contributed by atoms with van der Waals surface area (Å²) in [5.74, 6) is -0.179. The van der Waals surface area contributed by atoms with Gasteiger partial charge < -0.3 is 5.32 Å². The molecule has 1 unspecified atom stereocenters. The summed E-state index contributed by atoms with van der Waals surface area (Å²) < 4.78 is 1.53. The van der Waals surface area contributed by atoms with Gasteiger partial charge >= 0.3 is 0 Å². The van der Waals surface area contributed by atoms with Crippen molar-refractivity contribution in [1.82, 2.24) is 20.1 Å². The number of nitrogens with zero attached hydrogens (tertiary/aromatic N) is 2. The van der Waals surface area contributed by atoms with Gasteiger partial charge in [-0.15, -0.1) is 0 Å². The highest BCUT2D eigenvalue weighted by atomic mass is 16.1. The molecule has 2 heterocycles. The Morgan fingerprint density at radius 3 is 2.52 bits per heavy atom. The molecule has 0 fully saturated rings. The van der Waals surface area contributed by atoms with E-state index in [2.05, 4.69) is 15.4 Å². The van der Waals surface area contributed by atoms with Gasteiger partial charge in [0.1, 0.15) is 0 Å². The standard InChI is InChI=1S/C27H24N4O2/c1-16-9-11-21(13-17(16)2)31-27(33)23-15-28-24-12-10-20(14-22(24)25(23)30-31)26(32)29-18(3)19-7-5-4-6-8-19/h4-15,18,30H,1-3H3,(H,29,32). The Morgan fingerprint density at radius 1 is 0.970 bits per heavy atom. The van der Waals surface area contributed by atoms with Crippen LogP contribution in [-0.2, 0) is 0 Å². The molecule has 0 aliphatic carbocycles. The lowest BCUT2D eigenvalue weighted by Crippen LogP contribution is -2.26. The van der Waals surface area contributed by atoms with Crippen LogP contribution in [0.5, 0.6) is 0 Å². The van der Waals surface area contributed by atoms with Gasteiger partial charge in [0.25, 0.3) is 11.5 Å². The predicted molar refractivity (Wildman–Crippen MR) is 131 cm³/mol. The molecule has 164 valence electrons. The summed E-state index contributed by atoms with van der Waals surface area (Å²) in [5.41, 5.74) is 5.78. The number of nitrogens with one attached hydrogen (secondary N) is 2. The van der Waals surface area contributed by atoms with Crippen LogP contribution in [0, 0.1) is 13.8 Å². The molecule has 0 aliphatic heterocycles. The summed E-state index contributed by atoms with van der Waals surface area (Å²) >= 11 is 0. The highest BCUT2D eigenvalue weighted by molar-refractivity contribution is 6.06. The Kier molecular flexibility index (Phi) is 5.05. The van der Waals surface area contributed by atoms with Crippen LogP contribution in [0.4, 0.5) is 0 Å². The molecule has 1 atom stereocenters. The lowest BCUT2D eigenvalue weighted by molar-refractivity contribution is 0.0940. The van der Waals surface area contributed by atoms with Crippen molar-refractivity contribution in [2.75, 3.05) is 0 Å². The highest BCUT2D eigenvalue weighted by Gasteiger charge is 2.16. The molecule has 2 aromatic heterocycles. The normalized spacial score (nSPS) is 12.2. The number of hydrogen-bond donors (Lipinski definition) is 2. The molecule has 2 N–H and O–H groups in total. The zero-order chi connectivity index (χ0) is 23.1. The maximum Gasteiger partial charge on any atom is 0.280 e. The summed E-state index contributed by atoms with van der Waals surface area (Å²) in [5, 5.41) is 7.49. The summed E-state index contributed by atoms with van der Waals surface area (Å²) in [6.07, 6.45) is 1.59. The number of aromatic nitrogens is 3. The Morgan fingerprint density at radius 2 is 1.76 bits per heavy atom. The zero-order valence-electron chi connectivity index (χ0n) is 18.7. The van der Waals surface area contributed by atoms with Crippen LogP contribution in [0.3, 0.4) is 0 Å². The van der Waals surface area contributed by atoms with Gasteiger partial charge in [0.05, 0.1) is 28.1 Å². The first kappa shape index (κ1) is 20.7. The van der Waals surface area contributed by atoms with Gasteiger partial charge in [-0.25, -0.2) is 4.68 Å². The van der Waals surface area contributed by atoms with Crippen molar-refractivity contribution in [3.63, 3.8) is 0 Å². The second-order valence-electron chi connectivity index (χ2n) is 8.41. The van der Waals surface area contributed by atoms with E-state index in [1.54, 1.807) is 18.3 Å². The van der Waals surface area contributed by atoms with Crippen LogP contribution >= 0.6 is 0 Å². The van der Waals surface area contributed by atoms with Crippen LogP contribution < -0.4 is 10.9 Å². The quantitative estimate of drug-likeness (QED) is 0.417. The second-order valence-corrected chi connectivity index (χ2v) is 8.41. The highest BCUT2D eigenvalue weighted by Crippen LogP contribution is 2.23. The molecule has 5 rings (SSSR count). The Hall–Kier alpha value is -4.19. The molecule has 0 bridgehead atoms. The fourth-order valence-electron chi connectivity index (χ4n) is 4.05. The molecular weight excluding hydrogens is 412 g/mol. The smallest absolute Gasteiger partial charge is 0.280 e. The lowest BCUT2D eigenvalue weighted by atomic mass is 10.1. The molecule has 0 spiro atoms. The van der Waals surface area contributed by atoms with Gasteiger partial charge in [0.2, 0.25) is 0 Å². The lowest BCUT2D eigenvalue weighted by Gasteiger charge is -2.14. The SMILES string of the molecule is Cc1ccc(-n2[nH]c3c(cnc4ccc(C(=O)NC(C)c5ccccc5)cc43)c2=O)cc1C. The van der Waals surface area contributed by atoms with Gasteiger partial charge in [0, 0.05) is 17.1 Å². The maximum atomic E-state index is 13.1. The van der Waals surface area contributed by atoms with Gasteiger partial charge in [-0.05, 0) is 67.8 Å². The Balaban J connectivity index is 1.57. The van der Waals surface area contributed by atoms with Crippen molar-refractivity contribution in [2.45, 2.75) is 26.8 Å². The molecular formula is C27H24N4O2. The van der Waals surface area contributed by atoms with E-state index in [-0.39, 0.29) is 17.5 Å². The van der Waals surface area contributed by atoms with Crippen LogP contribution in [-0.4, -0.2) is 20.7 Å². The van der Waals surface area contributed by atoms with Crippen LogP contribution in [0.1, 0.15) is 40.0 Å². The van der Waals surface area contributed by atoms with Crippen molar-refractivity contribution in [3.8, 4) is 5.69 Å². The second kappa shape index (κ2) is 8.06. The van der Waals surface area contributed by atoms with E-state index in [1.165, 1.54) is 4.68 Å². The summed E-state index contributed by atoms with van der Waals surface area (Å²) in [7, 11) is 0. The van der Waals surface area contributed by atoms with E-state index >= 15 is 0 Å². The number of aryl methyl sites for hydroxylation is 2. The van der Waals surface area contributed by atoms with E-state index in [4.69, 9.17) is 0 Å². The molecule has 0 radical (unpaired) electrons. The molecule has 6 heteroatoms. The van der Waals surface area contributed by atoms with Crippen LogP contribution in [0.2, 0.25) is 0 Å². The molecule has 33 heavy (non-hydrogen) atoms. The molecule has 1 amide bonds. The van der Waals surface area contributed by atoms with Gasteiger partial charge in [-0.3, -0.25) is 19.7 Å². The fraction of sp³-hybridized carbons (Fsp3) is 0.148. The molecule has 3 aromatic carbocycles. The fourth-order valence-corrected chi connectivity index (χ4v) is 4.05. The van der Waals surface area contributed by atoms with Gasteiger partial charge in [-0.1, -0.05) is 36.4 Å². The molecule has 6 nitrogen and oxygen atoms in total. The van der Waals surface area contributed by atoms with E-state index in [0.717, 1.165) is 27.8 Å². The van der Waals surface area contributed by atoms with Crippen molar-refractivity contribution in [2.24, 2.45) is 0 Å². The summed E-state index contributed by atoms with van der Waals surface area (Å²) in [6.45, 7) is 6.01. The third kappa shape index (κ3) is 3.69. The van der Waals surface area contributed by atoms with Crippen molar-refractivity contribution in [1.29, 1.82) is 0 Å². The third-order valence-corrected chi connectivity index (χ3v) is 6.18. The minimum Gasteiger partial charge on any atom is -0.346 e. The topological polar surface area (TPSA) is 79.8 Å². The first-order valence-electron chi connectivity index (χ1n) is 10.9. The summed E-state index contributed by atoms with van der Waals surface area (Å²) in [6, 6.07) is 20.9. The molecule has 0 aliphatic rings. The van der Waals surface area contributed by atoms with Crippen LogP contribution in [0.15, 0.2) is 77.7 Å². The minimum atomic E-state index is -0.179. The number of carbonyl (C=O) groups excluding carboxylic acids is 1. The number of amides is 1. The largest absolute Gasteiger partial charge is 0.346 e. The first-order valence-corrected chi connectivity index (χ1v) is 10.9. The Labute approximate surface area is 190 Å².